The Kier molecular flexibility index (Phi) is 7.58. The Bertz CT molecular complexity index is 690. The number of carbonyl (C=O) groups is 2. The average molecular weight is 350 g/mol. The predicted molar refractivity (Wildman–Crippen MR) is 96.5 cm³/mol. The molecule has 6 nitrogen and oxygen atoms in total. The first kappa shape index (κ1) is 19.3. The number of benzene rings is 2. The molecule has 2 aromatic rings. The van der Waals surface area contributed by atoms with Crippen LogP contribution in [0.15, 0.2) is 48.5 Å². The highest BCUT2D eigenvalue weighted by molar-refractivity contribution is 6.30. The van der Waals surface area contributed by atoms with Crippen LogP contribution in [0.2, 0.25) is 5.02 Å². The molecule has 0 heterocycles. The minimum Gasteiger partial charge on any atom is -0.481 e. The van der Waals surface area contributed by atoms with Gasteiger partial charge in [-0.1, -0.05) is 29.8 Å². The number of amides is 2. The van der Waals surface area contributed by atoms with Gasteiger partial charge in [-0.25, -0.2) is 4.79 Å². The van der Waals surface area contributed by atoms with Crippen LogP contribution in [0.1, 0.15) is 5.56 Å². The van der Waals surface area contributed by atoms with E-state index in [1.807, 2.05) is 6.07 Å². The van der Waals surface area contributed by atoms with E-state index in [0.717, 1.165) is 0 Å². The van der Waals surface area contributed by atoms with Gasteiger partial charge in [0.05, 0.1) is 6.42 Å². The molecule has 2 rings (SSSR count). The largest absolute Gasteiger partial charge is 0.481 e. The van der Waals surface area contributed by atoms with E-state index in [-0.39, 0.29) is 12.5 Å². The van der Waals surface area contributed by atoms with Crippen molar-refractivity contribution < 1.29 is 14.7 Å². The van der Waals surface area contributed by atoms with Crippen molar-refractivity contribution in [1.82, 2.24) is 5.32 Å². The maximum Gasteiger partial charge on any atom is 0.321 e. The van der Waals surface area contributed by atoms with Crippen molar-refractivity contribution >= 4 is 35.0 Å². The number of urea groups is 1. The van der Waals surface area contributed by atoms with Gasteiger partial charge < -0.3 is 16.2 Å². The smallest absolute Gasteiger partial charge is 0.321 e. The lowest BCUT2D eigenvalue weighted by atomic mass is 10.1. The number of carboxylic acids is 1. The lowest BCUT2D eigenvalue weighted by Crippen LogP contribution is -2.34. The molecule has 0 fully saturated rings. The summed E-state index contributed by atoms with van der Waals surface area (Å²) >= 11 is 5.56. The Hall–Kier alpha value is -2.73. The third-order valence-electron chi connectivity index (χ3n) is 3.02. The minimum absolute atomic E-state index is 0.0462. The van der Waals surface area contributed by atoms with Gasteiger partial charge in [0.2, 0.25) is 0 Å². The summed E-state index contributed by atoms with van der Waals surface area (Å²) in [7, 11) is 3.17. The lowest BCUT2D eigenvalue weighted by molar-refractivity contribution is -0.136. The topological polar surface area (TPSA) is 95.7 Å². The van der Waals surface area contributed by atoms with Gasteiger partial charge in [-0.3, -0.25) is 9.69 Å². The summed E-state index contributed by atoms with van der Waals surface area (Å²) in [5, 5.41) is 11.8. The first-order valence-corrected chi connectivity index (χ1v) is 7.48. The van der Waals surface area contributed by atoms with E-state index in [0.29, 0.717) is 22.0 Å². The summed E-state index contributed by atoms with van der Waals surface area (Å²) in [5.41, 5.74) is 7.41. The molecule has 0 aromatic heterocycles. The number of nitrogen functional groups attached to an aromatic ring is 1. The van der Waals surface area contributed by atoms with E-state index in [1.165, 1.54) is 4.90 Å². The zero-order chi connectivity index (χ0) is 18.1. The number of anilines is 2. The highest BCUT2D eigenvalue weighted by Gasteiger charge is 2.09. The van der Waals surface area contributed by atoms with Crippen molar-refractivity contribution in [2.24, 2.45) is 0 Å². The molecule has 2 amide bonds. The molecular formula is C17H20ClN3O3. The number of nitrogens with two attached hydrogens (primary N) is 1. The second-order valence-corrected chi connectivity index (χ2v) is 5.35. The predicted octanol–water partition coefficient (Wildman–Crippen LogP) is 3.01. The number of rotatable bonds is 3. The Balaban J connectivity index is 0.000000300. The summed E-state index contributed by atoms with van der Waals surface area (Å²) in [6.07, 6.45) is -0.0462. The van der Waals surface area contributed by atoms with Crippen molar-refractivity contribution in [2.75, 3.05) is 24.7 Å². The Morgan fingerprint density at radius 2 is 1.88 bits per heavy atom. The fourth-order valence-corrected chi connectivity index (χ4v) is 2.04. The number of nitrogens with one attached hydrogen (secondary N) is 1. The highest BCUT2D eigenvalue weighted by atomic mass is 35.5. The second kappa shape index (κ2) is 9.42. The molecule has 0 saturated carbocycles. The van der Waals surface area contributed by atoms with Crippen molar-refractivity contribution in [3.8, 4) is 0 Å². The molecule has 0 aliphatic rings. The molecule has 0 bridgehead atoms. The normalized spacial score (nSPS) is 9.46. The fourth-order valence-electron chi connectivity index (χ4n) is 1.84. The number of carbonyl (C=O) groups excluding carboxylic acids is 1. The van der Waals surface area contributed by atoms with Gasteiger partial charge in [-0.2, -0.15) is 0 Å². The maximum absolute atomic E-state index is 11.3. The second-order valence-electron chi connectivity index (χ2n) is 4.91. The Morgan fingerprint density at radius 3 is 2.38 bits per heavy atom. The van der Waals surface area contributed by atoms with Crippen molar-refractivity contribution in [1.29, 1.82) is 0 Å². The molecule has 4 N–H and O–H groups in total. The van der Waals surface area contributed by atoms with Gasteiger partial charge in [-0.05, 0) is 35.9 Å². The highest BCUT2D eigenvalue weighted by Crippen LogP contribution is 2.15. The average Bonchev–Trinajstić information content (AvgIpc) is 2.53. The number of hydrogen-bond donors (Lipinski definition) is 3. The molecule has 0 spiro atoms. The van der Waals surface area contributed by atoms with Crippen LogP contribution in [0.3, 0.4) is 0 Å². The third kappa shape index (κ3) is 6.58. The summed E-state index contributed by atoms with van der Waals surface area (Å²) in [6.45, 7) is 0. The number of halogens is 1. The van der Waals surface area contributed by atoms with E-state index in [4.69, 9.17) is 22.4 Å². The van der Waals surface area contributed by atoms with Crippen LogP contribution in [0.4, 0.5) is 16.2 Å². The summed E-state index contributed by atoms with van der Waals surface area (Å²) in [6, 6.07) is 13.8. The van der Waals surface area contributed by atoms with Gasteiger partial charge in [0.15, 0.2) is 0 Å². The van der Waals surface area contributed by atoms with Gasteiger partial charge in [-0.15, -0.1) is 0 Å². The summed E-state index contributed by atoms with van der Waals surface area (Å²) < 4.78 is 0. The van der Waals surface area contributed by atoms with Gasteiger partial charge in [0.1, 0.15) is 0 Å². The molecule has 0 unspecified atom stereocenters. The van der Waals surface area contributed by atoms with Gasteiger partial charge in [0, 0.05) is 30.5 Å². The molecule has 0 radical (unpaired) electrons. The first-order chi connectivity index (χ1) is 11.3. The molecule has 128 valence electrons. The van der Waals surface area contributed by atoms with Crippen LogP contribution in [0, 0.1) is 0 Å². The molecular weight excluding hydrogens is 330 g/mol. The molecule has 0 saturated heterocycles. The van der Waals surface area contributed by atoms with E-state index in [2.05, 4.69) is 5.32 Å². The molecule has 0 aliphatic carbocycles. The van der Waals surface area contributed by atoms with Crippen LogP contribution < -0.4 is 16.0 Å². The van der Waals surface area contributed by atoms with Gasteiger partial charge >= 0.3 is 12.0 Å². The Labute approximate surface area is 145 Å². The number of aliphatic carboxylic acids is 1. The number of carboxylic acid groups (broad SMARTS) is 1. The number of nitrogens with zero attached hydrogens (tertiary/aromatic N) is 1. The van der Waals surface area contributed by atoms with Crippen LogP contribution in [0.25, 0.3) is 0 Å². The van der Waals surface area contributed by atoms with Crippen molar-refractivity contribution in [3.63, 3.8) is 0 Å². The summed E-state index contributed by atoms with van der Waals surface area (Å²) in [4.78, 5) is 23.3. The van der Waals surface area contributed by atoms with Crippen molar-refractivity contribution in [2.45, 2.75) is 6.42 Å². The van der Waals surface area contributed by atoms with E-state index in [1.54, 1.807) is 56.6 Å². The molecule has 7 heteroatoms. The zero-order valence-corrected chi connectivity index (χ0v) is 14.2. The first-order valence-electron chi connectivity index (χ1n) is 7.10. The molecule has 24 heavy (non-hydrogen) atoms. The monoisotopic (exact) mass is 349 g/mol. The van der Waals surface area contributed by atoms with Crippen LogP contribution in [0.5, 0.6) is 0 Å². The lowest BCUT2D eigenvalue weighted by Gasteiger charge is -2.17. The molecule has 2 aromatic carbocycles. The SMILES string of the molecule is CNC(=O)N(C)c1cccc(CC(=O)O)c1.Nc1cccc(Cl)c1. The van der Waals surface area contributed by atoms with Crippen LogP contribution >= 0.6 is 11.6 Å². The van der Waals surface area contributed by atoms with E-state index < -0.39 is 5.97 Å². The van der Waals surface area contributed by atoms with E-state index in [9.17, 15) is 9.59 Å². The van der Waals surface area contributed by atoms with Crippen molar-refractivity contribution in [3.05, 3.63) is 59.1 Å². The maximum atomic E-state index is 11.3. The zero-order valence-electron chi connectivity index (χ0n) is 13.5. The van der Waals surface area contributed by atoms with E-state index >= 15 is 0 Å². The summed E-state index contributed by atoms with van der Waals surface area (Å²) in [5.74, 6) is -0.889. The standard InChI is InChI=1S/C11H14N2O3.C6H6ClN/c1-12-11(16)13(2)9-5-3-4-8(6-9)7-10(14)15;7-5-2-1-3-6(8)4-5/h3-6H,7H2,1-2H3,(H,12,16)(H,14,15);1-4H,8H2. The number of hydrogen-bond acceptors (Lipinski definition) is 3. The molecule has 0 aliphatic heterocycles. The fraction of sp³-hybridized carbons (Fsp3) is 0.176. The third-order valence-corrected chi connectivity index (χ3v) is 3.26. The van der Waals surface area contributed by atoms with Crippen LogP contribution in [-0.4, -0.2) is 31.2 Å². The van der Waals surface area contributed by atoms with Gasteiger partial charge in [0.25, 0.3) is 0 Å². The Morgan fingerprint density at radius 1 is 1.21 bits per heavy atom. The molecule has 0 atom stereocenters. The quantitative estimate of drug-likeness (QED) is 0.742. The minimum atomic E-state index is -0.889. The van der Waals surface area contributed by atoms with Crippen LogP contribution in [-0.2, 0) is 11.2 Å².